The van der Waals surface area contributed by atoms with Gasteiger partial charge in [-0.2, -0.15) is 0 Å². The first kappa shape index (κ1) is 19.0. The van der Waals surface area contributed by atoms with Crippen LogP contribution in [-0.4, -0.2) is 44.9 Å². The van der Waals surface area contributed by atoms with Crippen LogP contribution in [0.1, 0.15) is 38.5 Å². The van der Waals surface area contributed by atoms with Crippen molar-refractivity contribution in [2.45, 2.75) is 44.6 Å². The second kappa shape index (κ2) is 9.21. The highest BCUT2D eigenvalue weighted by atomic mass is 35.5. The largest absolute Gasteiger partial charge is 0.381 e. The van der Waals surface area contributed by atoms with E-state index in [1.165, 1.54) is 12.8 Å². The standard InChI is InChI=1S/C17H30N2O3.ClH/c18-16-14-3-2-13(10-14)15(16)17(20)19-6-1-7-22-11-12-4-8-21-9-5-12;/h12-16H,1-11,18H2,(H,19,20);1H. The molecule has 3 N–H and O–H groups in total. The molecular formula is C17H31ClN2O3. The maximum Gasteiger partial charge on any atom is 0.224 e. The van der Waals surface area contributed by atoms with Crippen molar-refractivity contribution >= 4 is 18.3 Å². The summed E-state index contributed by atoms with van der Waals surface area (Å²) in [5.74, 6) is 2.00. The topological polar surface area (TPSA) is 73.6 Å². The Kier molecular flexibility index (Phi) is 7.60. The van der Waals surface area contributed by atoms with E-state index < -0.39 is 0 Å². The van der Waals surface area contributed by atoms with Gasteiger partial charge >= 0.3 is 0 Å². The molecule has 3 aliphatic rings. The number of halogens is 1. The zero-order chi connectivity index (χ0) is 15.4. The van der Waals surface area contributed by atoms with Crippen LogP contribution in [0, 0.1) is 23.7 Å². The third-order valence-electron chi connectivity index (χ3n) is 5.74. The molecule has 0 aromatic heterocycles. The fourth-order valence-electron chi connectivity index (χ4n) is 4.39. The van der Waals surface area contributed by atoms with Crippen molar-refractivity contribution in [3.05, 3.63) is 0 Å². The highest BCUT2D eigenvalue weighted by Crippen LogP contribution is 2.47. The molecule has 0 aromatic carbocycles. The third-order valence-corrected chi connectivity index (χ3v) is 5.74. The van der Waals surface area contributed by atoms with Crippen LogP contribution >= 0.6 is 12.4 Å². The average Bonchev–Trinajstić information content (AvgIpc) is 3.12. The molecule has 4 atom stereocenters. The van der Waals surface area contributed by atoms with Gasteiger partial charge in [-0.3, -0.25) is 4.79 Å². The van der Waals surface area contributed by atoms with Crippen LogP contribution in [0.5, 0.6) is 0 Å². The molecule has 0 aromatic rings. The van der Waals surface area contributed by atoms with Gasteiger partial charge in [-0.1, -0.05) is 0 Å². The third kappa shape index (κ3) is 4.81. The summed E-state index contributed by atoms with van der Waals surface area (Å²) in [6.45, 7) is 3.99. The van der Waals surface area contributed by atoms with Crippen molar-refractivity contribution < 1.29 is 14.3 Å². The summed E-state index contributed by atoms with van der Waals surface area (Å²) in [7, 11) is 0. The molecule has 3 fully saturated rings. The molecule has 1 amide bonds. The minimum Gasteiger partial charge on any atom is -0.381 e. The van der Waals surface area contributed by atoms with Gasteiger partial charge in [0.2, 0.25) is 5.91 Å². The number of ether oxygens (including phenoxy) is 2. The van der Waals surface area contributed by atoms with Gasteiger partial charge in [0.25, 0.3) is 0 Å². The predicted molar refractivity (Wildman–Crippen MR) is 91.5 cm³/mol. The zero-order valence-electron chi connectivity index (χ0n) is 13.9. The molecule has 0 spiro atoms. The van der Waals surface area contributed by atoms with Crippen molar-refractivity contribution in [1.29, 1.82) is 0 Å². The van der Waals surface area contributed by atoms with E-state index in [0.717, 1.165) is 52.1 Å². The Bertz CT molecular complexity index is 375. The number of nitrogens with one attached hydrogen (secondary N) is 1. The van der Waals surface area contributed by atoms with Gasteiger partial charge in [0.15, 0.2) is 0 Å². The quantitative estimate of drug-likeness (QED) is 0.688. The van der Waals surface area contributed by atoms with Gasteiger partial charge in [0.1, 0.15) is 0 Å². The first-order valence-electron chi connectivity index (χ1n) is 8.94. The number of rotatable bonds is 7. The number of hydrogen-bond acceptors (Lipinski definition) is 4. The zero-order valence-corrected chi connectivity index (χ0v) is 14.7. The van der Waals surface area contributed by atoms with E-state index in [2.05, 4.69) is 5.32 Å². The molecule has 6 heteroatoms. The highest BCUT2D eigenvalue weighted by Gasteiger charge is 2.48. The van der Waals surface area contributed by atoms with Gasteiger partial charge in [-0.15, -0.1) is 12.4 Å². The van der Waals surface area contributed by atoms with E-state index in [9.17, 15) is 4.79 Å². The fraction of sp³-hybridized carbons (Fsp3) is 0.941. The maximum absolute atomic E-state index is 12.3. The SMILES string of the molecule is Cl.NC1C2CCC(C2)C1C(=O)NCCCOCC1CCOCC1. The monoisotopic (exact) mass is 346 g/mol. The Hall–Kier alpha value is -0.360. The van der Waals surface area contributed by atoms with Crippen LogP contribution in [0.2, 0.25) is 0 Å². The van der Waals surface area contributed by atoms with Crippen LogP contribution in [0.15, 0.2) is 0 Å². The minimum absolute atomic E-state index is 0. The maximum atomic E-state index is 12.3. The minimum atomic E-state index is 0. The Balaban J connectivity index is 0.00000192. The van der Waals surface area contributed by atoms with Crippen molar-refractivity contribution in [3.8, 4) is 0 Å². The van der Waals surface area contributed by atoms with Crippen LogP contribution in [-0.2, 0) is 14.3 Å². The van der Waals surface area contributed by atoms with Gasteiger partial charge in [0, 0.05) is 39.0 Å². The Morgan fingerprint density at radius 3 is 2.61 bits per heavy atom. The smallest absolute Gasteiger partial charge is 0.224 e. The predicted octanol–water partition coefficient (Wildman–Crippen LogP) is 1.73. The highest BCUT2D eigenvalue weighted by molar-refractivity contribution is 5.85. The summed E-state index contributed by atoms with van der Waals surface area (Å²) < 4.78 is 11.1. The van der Waals surface area contributed by atoms with Gasteiger partial charge < -0.3 is 20.5 Å². The summed E-state index contributed by atoms with van der Waals surface area (Å²) in [5, 5.41) is 3.06. The van der Waals surface area contributed by atoms with E-state index >= 15 is 0 Å². The average molecular weight is 347 g/mol. The second-order valence-corrected chi connectivity index (χ2v) is 7.21. The first-order valence-corrected chi connectivity index (χ1v) is 8.94. The van der Waals surface area contributed by atoms with Gasteiger partial charge in [-0.25, -0.2) is 0 Å². The Morgan fingerprint density at radius 2 is 1.91 bits per heavy atom. The normalized spacial score (nSPS) is 33.4. The molecule has 5 nitrogen and oxygen atoms in total. The Labute approximate surface area is 145 Å². The number of amides is 1. The summed E-state index contributed by atoms with van der Waals surface area (Å²) in [6.07, 6.45) is 6.66. The summed E-state index contributed by atoms with van der Waals surface area (Å²) in [6, 6.07) is 0.0866. The van der Waals surface area contributed by atoms with Crippen molar-refractivity contribution in [3.63, 3.8) is 0 Å². The first-order chi connectivity index (χ1) is 10.8. The molecule has 3 rings (SSSR count). The molecule has 1 heterocycles. The summed E-state index contributed by atoms with van der Waals surface area (Å²) in [4.78, 5) is 12.3. The van der Waals surface area contributed by atoms with E-state index in [1.807, 2.05) is 0 Å². The van der Waals surface area contributed by atoms with E-state index in [-0.39, 0.29) is 30.3 Å². The van der Waals surface area contributed by atoms with E-state index in [0.29, 0.717) is 24.3 Å². The molecule has 2 saturated carbocycles. The molecular weight excluding hydrogens is 316 g/mol. The molecule has 134 valence electrons. The molecule has 4 unspecified atom stereocenters. The van der Waals surface area contributed by atoms with Crippen molar-refractivity contribution in [2.24, 2.45) is 29.4 Å². The molecule has 2 bridgehead atoms. The van der Waals surface area contributed by atoms with Gasteiger partial charge in [-0.05, 0) is 56.3 Å². The van der Waals surface area contributed by atoms with Crippen molar-refractivity contribution in [1.82, 2.24) is 5.32 Å². The Morgan fingerprint density at radius 1 is 1.17 bits per heavy atom. The van der Waals surface area contributed by atoms with Gasteiger partial charge in [0.05, 0.1) is 5.92 Å². The molecule has 0 radical (unpaired) electrons. The van der Waals surface area contributed by atoms with E-state index in [4.69, 9.17) is 15.2 Å². The number of carbonyl (C=O) groups excluding carboxylic acids is 1. The second-order valence-electron chi connectivity index (χ2n) is 7.21. The molecule has 2 aliphatic carbocycles. The number of carbonyl (C=O) groups is 1. The lowest BCUT2D eigenvalue weighted by Gasteiger charge is -2.27. The lowest BCUT2D eigenvalue weighted by Crippen LogP contribution is -2.45. The van der Waals surface area contributed by atoms with Crippen LogP contribution in [0.3, 0.4) is 0 Å². The van der Waals surface area contributed by atoms with Crippen LogP contribution < -0.4 is 11.1 Å². The molecule has 23 heavy (non-hydrogen) atoms. The number of nitrogens with two attached hydrogens (primary N) is 1. The number of hydrogen-bond donors (Lipinski definition) is 2. The lowest BCUT2D eigenvalue weighted by molar-refractivity contribution is -0.127. The van der Waals surface area contributed by atoms with Crippen molar-refractivity contribution in [2.75, 3.05) is 33.0 Å². The molecule has 1 aliphatic heterocycles. The summed E-state index contributed by atoms with van der Waals surface area (Å²) >= 11 is 0. The van der Waals surface area contributed by atoms with Crippen LogP contribution in [0.4, 0.5) is 0 Å². The van der Waals surface area contributed by atoms with Crippen LogP contribution in [0.25, 0.3) is 0 Å². The van der Waals surface area contributed by atoms with E-state index in [1.54, 1.807) is 0 Å². The fourth-order valence-corrected chi connectivity index (χ4v) is 4.39. The lowest BCUT2D eigenvalue weighted by atomic mass is 9.84. The molecule has 1 saturated heterocycles. The summed E-state index contributed by atoms with van der Waals surface area (Å²) in [5.41, 5.74) is 6.20. The number of fused-ring (bicyclic) bond motifs is 2.